The largest absolute Gasteiger partial charge is 0.455 e. The van der Waals surface area contributed by atoms with Crippen LogP contribution in [-0.2, 0) is 0 Å². The van der Waals surface area contributed by atoms with Crippen LogP contribution in [0.15, 0.2) is 235 Å². The van der Waals surface area contributed by atoms with Crippen molar-refractivity contribution in [1.29, 1.82) is 0 Å². The molecule has 15 rings (SSSR count). The summed E-state index contributed by atoms with van der Waals surface area (Å²) in [5, 5.41) is 17.0. The van der Waals surface area contributed by atoms with E-state index < -0.39 is 0 Å². The van der Waals surface area contributed by atoms with Crippen LogP contribution >= 0.6 is 0 Å². The van der Waals surface area contributed by atoms with E-state index >= 15 is 0 Å². The fourth-order valence-electron chi connectivity index (χ4n) is 11.5. The average Bonchev–Trinajstić information content (AvgIpc) is 4.06. The van der Waals surface area contributed by atoms with Crippen LogP contribution in [0.5, 0.6) is 0 Å². The first-order valence-electron chi connectivity index (χ1n) is 23.1. The van der Waals surface area contributed by atoms with Crippen LogP contribution in [0.3, 0.4) is 0 Å². The highest BCUT2D eigenvalue weighted by atomic mass is 16.3. The van der Waals surface area contributed by atoms with Gasteiger partial charge >= 0.3 is 0 Å². The standard InChI is InChI=1S/C64H38N2O/c1-3-14-44(15-4-1)65-57-22-12-11-21-49(57)54-36-41(25-31-58(54)65)43-27-33-60-56(38-43)55-37-42(26-32-59(55)66(60)45-16-5-2-6-17-45)40-24-28-51-53(35-40)48-20-10-9-19-47(48)50-30-34-61-63(62(50)51)52-29-23-39-13-7-8-18-46(39)64(52)67-61/h1-38H. The molecular formula is C64H38N2O. The van der Waals surface area contributed by atoms with Crippen molar-refractivity contribution >= 4 is 109 Å². The summed E-state index contributed by atoms with van der Waals surface area (Å²) in [5.41, 5.74) is 13.7. The van der Waals surface area contributed by atoms with Gasteiger partial charge in [-0.3, -0.25) is 0 Å². The molecule has 0 saturated heterocycles. The lowest BCUT2D eigenvalue weighted by atomic mass is 9.90. The molecule has 3 nitrogen and oxygen atoms in total. The second-order valence-corrected chi connectivity index (χ2v) is 18.0. The maximum Gasteiger partial charge on any atom is 0.143 e. The van der Waals surface area contributed by atoms with E-state index in [1.54, 1.807) is 0 Å². The Kier molecular flexibility index (Phi) is 7.50. The normalized spacial score (nSPS) is 12.2. The van der Waals surface area contributed by atoms with E-state index in [9.17, 15) is 0 Å². The number of rotatable bonds is 4. The van der Waals surface area contributed by atoms with Crippen molar-refractivity contribution in [3.8, 4) is 33.6 Å². The minimum atomic E-state index is 0.915. The molecule has 3 heterocycles. The molecule has 0 spiro atoms. The predicted octanol–water partition coefficient (Wildman–Crippen LogP) is 17.7. The Balaban J connectivity index is 0.942. The van der Waals surface area contributed by atoms with Gasteiger partial charge in [0, 0.05) is 54.5 Å². The monoisotopic (exact) mass is 850 g/mol. The van der Waals surface area contributed by atoms with Crippen LogP contribution in [0.4, 0.5) is 0 Å². The van der Waals surface area contributed by atoms with Gasteiger partial charge in [-0.1, -0.05) is 140 Å². The van der Waals surface area contributed by atoms with Gasteiger partial charge < -0.3 is 13.6 Å². The Bertz CT molecular complexity index is 4550. The van der Waals surface area contributed by atoms with Crippen LogP contribution in [0.25, 0.3) is 142 Å². The third-order valence-electron chi connectivity index (χ3n) is 14.5. The lowest BCUT2D eigenvalue weighted by Gasteiger charge is -2.13. The molecule has 0 radical (unpaired) electrons. The average molecular weight is 851 g/mol. The fraction of sp³-hybridized carbons (Fsp3) is 0. The van der Waals surface area contributed by atoms with Crippen molar-refractivity contribution in [2.24, 2.45) is 0 Å². The van der Waals surface area contributed by atoms with Gasteiger partial charge in [0.2, 0.25) is 0 Å². The number of fused-ring (bicyclic) bond motifs is 18. The number of hydrogen-bond donors (Lipinski definition) is 0. The zero-order chi connectivity index (χ0) is 43.7. The zero-order valence-electron chi connectivity index (χ0n) is 36.2. The number of aromatic nitrogens is 2. The van der Waals surface area contributed by atoms with Gasteiger partial charge in [0.25, 0.3) is 0 Å². The van der Waals surface area contributed by atoms with Gasteiger partial charge in [0.05, 0.1) is 22.1 Å². The first-order valence-corrected chi connectivity index (χ1v) is 23.1. The van der Waals surface area contributed by atoms with Crippen LogP contribution < -0.4 is 0 Å². The Morgan fingerprint density at radius 2 is 0.687 bits per heavy atom. The van der Waals surface area contributed by atoms with Gasteiger partial charge in [-0.2, -0.15) is 0 Å². The SMILES string of the molecule is c1ccc(-n2c3ccccc3c3cc(-c4ccc5c(c4)c4cc(-c6ccc7c(c6)c6ccccc6c6ccc8oc9c%10ccccc%10ccc9c8c67)ccc4n5-c4ccccc4)ccc32)cc1. The Labute approximate surface area is 384 Å². The molecule has 0 aliphatic carbocycles. The number of furan rings is 1. The molecule has 0 unspecified atom stereocenters. The molecule has 3 aromatic heterocycles. The highest BCUT2D eigenvalue weighted by Crippen LogP contribution is 2.46. The second-order valence-electron chi connectivity index (χ2n) is 18.0. The number of benzene rings is 12. The van der Waals surface area contributed by atoms with Crippen molar-refractivity contribution in [2.45, 2.75) is 0 Å². The van der Waals surface area contributed by atoms with E-state index in [-0.39, 0.29) is 0 Å². The Hall–Kier alpha value is -8.92. The van der Waals surface area contributed by atoms with Crippen LogP contribution in [0.2, 0.25) is 0 Å². The summed E-state index contributed by atoms with van der Waals surface area (Å²) in [7, 11) is 0. The summed E-state index contributed by atoms with van der Waals surface area (Å²) in [6, 6.07) is 84.6. The van der Waals surface area contributed by atoms with E-state index in [2.05, 4.69) is 240 Å². The van der Waals surface area contributed by atoms with Gasteiger partial charge in [-0.05, 0) is 146 Å². The van der Waals surface area contributed by atoms with E-state index in [1.807, 2.05) is 0 Å². The molecule has 0 N–H and O–H groups in total. The molecule has 0 bridgehead atoms. The lowest BCUT2D eigenvalue weighted by molar-refractivity contribution is 0.673. The number of nitrogens with zero attached hydrogens (tertiary/aromatic N) is 2. The minimum absolute atomic E-state index is 0.915. The predicted molar refractivity (Wildman–Crippen MR) is 283 cm³/mol. The van der Waals surface area contributed by atoms with Crippen LogP contribution in [-0.4, -0.2) is 9.13 Å². The Morgan fingerprint density at radius 3 is 1.31 bits per heavy atom. The summed E-state index contributed by atoms with van der Waals surface area (Å²) in [5.74, 6) is 0. The smallest absolute Gasteiger partial charge is 0.143 e. The van der Waals surface area contributed by atoms with E-state index in [0.717, 1.165) is 33.3 Å². The van der Waals surface area contributed by atoms with Crippen molar-refractivity contribution in [3.63, 3.8) is 0 Å². The number of hydrogen-bond acceptors (Lipinski definition) is 1. The van der Waals surface area contributed by atoms with Gasteiger partial charge in [-0.25, -0.2) is 0 Å². The van der Waals surface area contributed by atoms with Gasteiger partial charge in [0.1, 0.15) is 11.2 Å². The number of para-hydroxylation sites is 3. The first-order chi connectivity index (χ1) is 33.2. The molecular weight excluding hydrogens is 813 g/mol. The molecule has 0 atom stereocenters. The highest BCUT2D eigenvalue weighted by Gasteiger charge is 2.20. The maximum absolute atomic E-state index is 6.72. The van der Waals surface area contributed by atoms with Crippen LogP contribution in [0.1, 0.15) is 0 Å². The lowest BCUT2D eigenvalue weighted by Crippen LogP contribution is -1.93. The molecule has 0 fully saturated rings. The second kappa shape index (κ2) is 13.8. The minimum Gasteiger partial charge on any atom is -0.455 e. The van der Waals surface area contributed by atoms with Crippen molar-refractivity contribution in [2.75, 3.05) is 0 Å². The molecule has 3 heteroatoms. The van der Waals surface area contributed by atoms with E-state index in [1.165, 1.54) is 109 Å². The summed E-state index contributed by atoms with van der Waals surface area (Å²) in [6.45, 7) is 0. The molecule has 67 heavy (non-hydrogen) atoms. The topological polar surface area (TPSA) is 23.0 Å². The summed E-state index contributed by atoms with van der Waals surface area (Å²) < 4.78 is 11.5. The summed E-state index contributed by atoms with van der Waals surface area (Å²) in [4.78, 5) is 0. The fourth-order valence-corrected chi connectivity index (χ4v) is 11.5. The first kappa shape index (κ1) is 36.4. The van der Waals surface area contributed by atoms with Crippen molar-refractivity contribution in [1.82, 2.24) is 9.13 Å². The molecule has 310 valence electrons. The van der Waals surface area contributed by atoms with Gasteiger partial charge in [-0.15, -0.1) is 0 Å². The molecule has 12 aromatic carbocycles. The Morgan fingerprint density at radius 1 is 0.254 bits per heavy atom. The molecule has 15 aromatic rings. The van der Waals surface area contributed by atoms with Crippen molar-refractivity contribution in [3.05, 3.63) is 231 Å². The molecule has 0 amide bonds. The molecule has 0 aliphatic heterocycles. The van der Waals surface area contributed by atoms with Gasteiger partial charge in [0.15, 0.2) is 0 Å². The van der Waals surface area contributed by atoms with Crippen LogP contribution in [0, 0.1) is 0 Å². The molecule has 0 saturated carbocycles. The van der Waals surface area contributed by atoms with Crippen molar-refractivity contribution < 1.29 is 4.42 Å². The third kappa shape index (κ3) is 5.22. The zero-order valence-corrected chi connectivity index (χ0v) is 36.2. The van der Waals surface area contributed by atoms with E-state index in [0.29, 0.717) is 0 Å². The quantitative estimate of drug-likeness (QED) is 0.162. The molecule has 0 aliphatic rings. The summed E-state index contributed by atoms with van der Waals surface area (Å²) in [6.07, 6.45) is 0. The van der Waals surface area contributed by atoms with E-state index in [4.69, 9.17) is 4.42 Å². The maximum atomic E-state index is 6.72. The third-order valence-corrected chi connectivity index (χ3v) is 14.5. The summed E-state index contributed by atoms with van der Waals surface area (Å²) >= 11 is 0. The highest BCUT2D eigenvalue weighted by molar-refractivity contribution is 6.35.